The maximum Gasteiger partial charge on any atom is 0.250 e. The number of carbonyl (C=O) groups excluding carboxylic acids is 3. The molecule has 1 fully saturated rings. The van der Waals surface area contributed by atoms with Crippen molar-refractivity contribution in [3.05, 3.63) is 59.7 Å². The molecule has 2 aromatic rings. The highest BCUT2D eigenvalue weighted by atomic mass is 32.2. The minimum absolute atomic E-state index is 0.105. The van der Waals surface area contributed by atoms with E-state index in [2.05, 4.69) is 5.32 Å². The van der Waals surface area contributed by atoms with Gasteiger partial charge < -0.3 is 15.1 Å². The van der Waals surface area contributed by atoms with Gasteiger partial charge in [0, 0.05) is 24.5 Å². The smallest absolute Gasteiger partial charge is 0.250 e. The number of nitrogens with zero attached hydrogens (tertiary/aromatic N) is 2. The number of carbonyl (C=O) groups is 3. The molecule has 0 aromatic heterocycles. The van der Waals surface area contributed by atoms with Crippen molar-refractivity contribution in [2.75, 3.05) is 24.5 Å². The minimum atomic E-state index is -0.840. The Labute approximate surface area is 193 Å². The first-order valence-electron chi connectivity index (χ1n) is 11.2. The van der Waals surface area contributed by atoms with E-state index in [1.165, 1.54) is 16.7 Å². The van der Waals surface area contributed by atoms with Gasteiger partial charge in [-0.25, -0.2) is 0 Å². The number of fused-ring (bicyclic) bond motifs is 1. The zero-order valence-electron chi connectivity index (χ0n) is 18.4. The number of hydrogen-bond acceptors (Lipinski definition) is 4. The van der Waals surface area contributed by atoms with Crippen molar-refractivity contribution in [3.8, 4) is 0 Å². The number of hydrogen-bond donors (Lipinski definition) is 1. The highest BCUT2D eigenvalue weighted by molar-refractivity contribution is 8.01. The molecule has 0 saturated carbocycles. The number of rotatable bonds is 5. The lowest BCUT2D eigenvalue weighted by atomic mass is 10.1. The van der Waals surface area contributed by atoms with Crippen LogP contribution >= 0.6 is 11.8 Å². The van der Waals surface area contributed by atoms with Gasteiger partial charge >= 0.3 is 0 Å². The molecule has 32 heavy (non-hydrogen) atoms. The molecule has 0 bridgehead atoms. The van der Waals surface area contributed by atoms with Crippen LogP contribution in [0.2, 0.25) is 0 Å². The van der Waals surface area contributed by atoms with Gasteiger partial charge in [0.15, 0.2) is 5.25 Å². The SMILES string of the molecule is Cc1ccc(CNC(=O)CN2C(=O)[C@H](C(=O)N3CCCCCC3)Sc3ccccc32)cc1. The highest BCUT2D eigenvalue weighted by Gasteiger charge is 2.40. The van der Waals surface area contributed by atoms with Crippen molar-refractivity contribution in [1.29, 1.82) is 0 Å². The molecule has 0 aliphatic carbocycles. The number of aryl methyl sites for hydroxylation is 1. The summed E-state index contributed by atoms with van der Waals surface area (Å²) in [4.78, 5) is 43.5. The number of likely N-dealkylation sites (tertiary alicyclic amines) is 1. The largest absolute Gasteiger partial charge is 0.350 e. The third-order valence-corrected chi connectivity index (χ3v) is 7.18. The number of benzene rings is 2. The molecular weight excluding hydrogens is 422 g/mol. The molecule has 2 heterocycles. The van der Waals surface area contributed by atoms with Gasteiger partial charge in [-0.15, -0.1) is 11.8 Å². The topological polar surface area (TPSA) is 69.7 Å². The molecule has 6 nitrogen and oxygen atoms in total. The van der Waals surface area contributed by atoms with Crippen LogP contribution in [0.4, 0.5) is 5.69 Å². The average Bonchev–Trinajstić information content (AvgIpc) is 3.09. The Kier molecular flexibility index (Phi) is 7.15. The summed E-state index contributed by atoms with van der Waals surface area (Å²) < 4.78 is 0. The summed E-state index contributed by atoms with van der Waals surface area (Å²) in [5.74, 6) is -0.698. The fourth-order valence-electron chi connectivity index (χ4n) is 4.10. The Morgan fingerprint density at radius 3 is 2.41 bits per heavy atom. The third-order valence-electron chi connectivity index (χ3n) is 5.95. The number of amides is 3. The first-order valence-corrected chi connectivity index (χ1v) is 12.1. The van der Waals surface area contributed by atoms with Crippen molar-refractivity contribution in [1.82, 2.24) is 10.2 Å². The molecule has 1 N–H and O–H groups in total. The van der Waals surface area contributed by atoms with E-state index in [0.717, 1.165) is 41.7 Å². The van der Waals surface area contributed by atoms with Gasteiger partial charge in [0.25, 0.3) is 5.91 Å². The van der Waals surface area contributed by atoms with Crippen LogP contribution in [0.15, 0.2) is 53.4 Å². The van der Waals surface area contributed by atoms with Crippen LogP contribution in [0.5, 0.6) is 0 Å². The van der Waals surface area contributed by atoms with E-state index >= 15 is 0 Å². The van der Waals surface area contributed by atoms with Gasteiger partial charge in [-0.3, -0.25) is 14.4 Å². The van der Waals surface area contributed by atoms with Crippen molar-refractivity contribution in [3.63, 3.8) is 0 Å². The van der Waals surface area contributed by atoms with Gasteiger partial charge in [-0.05, 0) is 37.5 Å². The monoisotopic (exact) mass is 451 g/mol. The van der Waals surface area contributed by atoms with Crippen LogP contribution < -0.4 is 10.2 Å². The predicted octanol–water partition coefficient (Wildman–Crippen LogP) is 3.52. The van der Waals surface area contributed by atoms with E-state index in [9.17, 15) is 14.4 Å². The average molecular weight is 452 g/mol. The molecule has 0 radical (unpaired) electrons. The number of thioether (sulfide) groups is 1. The second kappa shape index (κ2) is 10.2. The Morgan fingerprint density at radius 2 is 1.69 bits per heavy atom. The van der Waals surface area contributed by atoms with Crippen LogP contribution in [0.1, 0.15) is 36.8 Å². The zero-order chi connectivity index (χ0) is 22.5. The van der Waals surface area contributed by atoms with Gasteiger partial charge in [-0.2, -0.15) is 0 Å². The van der Waals surface area contributed by atoms with E-state index in [1.807, 2.05) is 60.4 Å². The van der Waals surface area contributed by atoms with Crippen LogP contribution in [0.25, 0.3) is 0 Å². The molecule has 3 amide bonds. The van der Waals surface area contributed by atoms with Crippen molar-refractivity contribution in [2.24, 2.45) is 0 Å². The lowest BCUT2D eigenvalue weighted by molar-refractivity contribution is -0.135. The molecule has 1 saturated heterocycles. The maximum absolute atomic E-state index is 13.4. The van der Waals surface area contributed by atoms with E-state index in [0.29, 0.717) is 25.3 Å². The van der Waals surface area contributed by atoms with E-state index < -0.39 is 5.25 Å². The zero-order valence-corrected chi connectivity index (χ0v) is 19.2. The first-order chi connectivity index (χ1) is 15.5. The molecular formula is C25H29N3O3S. The standard InChI is InChI=1S/C25H29N3O3S/c1-18-10-12-19(13-11-18)16-26-22(29)17-28-20-8-4-5-9-21(20)32-23(25(28)31)24(30)27-14-6-2-3-7-15-27/h4-5,8-13,23H,2-3,6-7,14-17H2,1H3,(H,26,29)/t23-/m0/s1. The second-order valence-corrected chi connectivity index (χ2v) is 9.54. The molecule has 7 heteroatoms. The van der Waals surface area contributed by atoms with Crippen molar-refractivity contribution >= 4 is 35.2 Å². The third kappa shape index (κ3) is 5.15. The Morgan fingerprint density at radius 1 is 1.00 bits per heavy atom. The number of para-hydroxylation sites is 1. The normalized spacial score (nSPS) is 18.7. The van der Waals surface area contributed by atoms with Crippen molar-refractivity contribution in [2.45, 2.75) is 49.3 Å². The number of nitrogens with one attached hydrogen (secondary N) is 1. The van der Waals surface area contributed by atoms with Gasteiger partial charge in [-0.1, -0.05) is 54.8 Å². The lowest BCUT2D eigenvalue weighted by Crippen LogP contribution is -2.52. The van der Waals surface area contributed by atoms with E-state index in [4.69, 9.17) is 0 Å². The van der Waals surface area contributed by atoms with Gasteiger partial charge in [0.05, 0.1) is 5.69 Å². The van der Waals surface area contributed by atoms with Gasteiger partial charge in [0.2, 0.25) is 11.8 Å². The Hall–Kier alpha value is -2.80. The lowest BCUT2D eigenvalue weighted by Gasteiger charge is -2.34. The number of anilines is 1. The summed E-state index contributed by atoms with van der Waals surface area (Å²) in [6.45, 7) is 3.70. The quantitative estimate of drug-likeness (QED) is 0.707. The van der Waals surface area contributed by atoms with Crippen LogP contribution in [-0.2, 0) is 20.9 Å². The summed E-state index contributed by atoms with van der Waals surface area (Å²) in [5, 5.41) is 2.06. The summed E-state index contributed by atoms with van der Waals surface area (Å²) in [7, 11) is 0. The van der Waals surface area contributed by atoms with E-state index in [-0.39, 0.29) is 24.3 Å². The van der Waals surface area contributed by atoms with Gasteiger partial charge in [0.1, 0.15) is 6.54 Å². The second-order valence-electron chi connectivity index (χ2n) is 8.39. The molecule has 2 aromatic carbocycles. The summed E-state index contributed by atoms with van der Waals surface area (Å²) in [5.41, 5.74) is 2.85. The summed E-state index contributed by atoms with van der Waals surface area (Å²) >= 11 is 1.30. The maximum atomic E-state index is 13.4. The fourth-order valence-corrected chi connectivity index (χ4v) is 5.29. The van der Waals surface area contributed by atoms with E-state index in [1.54, 1.807) is 0 Å². The predicted molar refractivity (Wildman–Crippen MR) is 127 cm³/mol. The Bertz CT molecular complexity index is 984. The van der Waals surface area contributed by atoms with Crippen LogP contribution in [-0.4, -0.2) is 47.5 Å². The molecule has 168 valence electrons. The Balaban J connectivity index is 1.48. The first kappa shape index (κ1) is 22.4. The fraction of sp³-hybridized carbons (Fsp3) is 0.400. The van der Waals surface area contributed by atoms with Crippen LogP contribution in [0.3, 0.4) is 0 Å². The van der Waals surface area contributed by atoms with Crippen molar-refractivity contribution < 1.29 is 14.4 Å². The molecule has 0 spiro atoms. The molecule has 2 aliphatic rings. The summed E-state index contributed by atoms with van der Waals surface area (Å²) in [6.07, 6.45) is 4.18. The summed E-state index contributed by atoms with van der Waals surface area (Å²) in [6, 6.07) is 15.4. The molecule has 2 aliphatic heterocycles. The minimum Gasteiger partial charge on any atom is -0.350 e. The molecule has 0 unspecified atom stereocenters. The molecule has 4 rings (SSSR count). The molecule has 1 atom stereocenters. The van der Waals surface area contributed by atoms with Crippen LogP contribution in [0, 0.1) is 6.92 Å². The highest BCUT2D eigenvalue weighted by Crippen LogP contribution is 2.39.